The summed E-state index contributed by atoms with van der Waals surface area (Å²) in [6, 6.07) is 0. The summed E-state index contributed by atoms with van der Waals surface area (Å²) >= 11 is 36.5. The van der Waals surface area contributed by atoms with E-state index in [0.717, 1.165) is 0 Å². The maximum absolute atomic E-state index is 5.58. The Morgan fingerprint density at radius 3 is 1.33 bits per heavy atom. The summed E-state index contributed by atoms with van der Waals surface area (Å²) in [7, 11) is 0. The lowest BCUT2D eigenvalue weighted by molar-refractivity contribution is 0.825. The van der Waals surface area contributed by atoms with Gasteiger partial charge in [-0.1, -0.05) is 69.6 Å². The Hall–Kier alpha value is 1.23. The summed E-state index contributed by atoms with van der Waals surface area (Å²) in [6.45, 7) is 0. The van der Waals surface area contributed by atoms with E-state index in [1.165, 1.54) is 0 Å². The largest absolute Gasteiger partial charge is 0.250 e. The highest BCUT2D eigenvalue weighted by Gasteiger charge is 2.33. The van der Waals surface area contributed by atoms with Gasteiger partial charge in [0.25, 0.3) is 0 Å². The normalized spacial score (nSPS) is 13.0. The first-order valence-corrected chi connectivity index (χ1v) is 6.23. The van der Waals surface area contributed by atoms with Gasteiger partial charge >= 0.3 is 0 Å². The molecule has 0 aromatic carbocycles. The van der Waals surface area contributed by atoms with Crippen molar-refractivity contribution in [2.24, 2.45) is 0 Å². The number of hydrogen-bond donors (Lipinski definition) is 0. The monoisotopic (exact) mass is 391 g/mol. The Kier molecular flexibility index (Phi) is 4.62. The van der Waals surface area contributed by atoms with Crippen molar-refractivity contribution in [2.45, 2.75) is 7.59 Å². The summed E-state index contributed by atoms with van der Waals surface area (Å²) < 4.78 is -3.51. The highest BCUT2D eigenvalue weighted by Crippen LogP contribution is 2.40. The third-order valence-corrected chi connectivity index (χ3v) is 2.48. The van der Waals surface area contributed by atoms with Crippen LogP contribution in [0.3, 0.4) is 0 Å². The van der Waals surface area contributed by atoms with Gasteiger partial charge in [0.15, 0.2) is 16.4 Å². The van der Waals surface area contributed by atoms with Gasteiger partial charge in [0.2, 0.25) is 7.59 Å². The quantitative estimate of drug-likeness (QED) is 0.616. The van der Waals surface area contributed by atoms with Crippen LogP contribution in [0.5, 0.6) is 0 Å². The molecule has 0 atom stereocenters. The highest BCUT2D eigenvalue weighted by molar-refractivity contribution is 9.10. The molecule has 0 spiro atoms. The molecule has 0 N–H and O–H groups in total. The fraction of sp³-hybridized carbons (Fsp3) is 0.400. The zero-order valence-corrected chi connectivity index (χ0v) is 12.6. The summed E-state index contributed by atoms with van der Waals surface area (Å²) in [5.74, 6) is -0.258. The Bertz CT molecular complexity index is 340. The third kappa shape index (κ3) is 4.19. The number of alkyl halides is 6. The van der Waals surface area contributed by atoms with E-state index >= 15 is 0 Å². The van der Waals surface area contributed by atoms with Crippen molar-refractivity contribution in [3.8, 4) is 0 Å². The lowest BCUT2D eigenvalue weighted by Crippen LogP contribution is -2.15. The first-order chi connectivity index (χ1) is 6.60. The summed E-state index contributed by atoms with van der Waals surface area (Å²) in [6.07, 6.45) is 0. The van der Waals surface area contributed by atoms with Gasteiger partial charge in [-0.25, -0.2) is 15.0 Å². The van der Waals surface area contributed by atoms with Crippen LogP contribution in [0.15, 0.2) is 4.73 Å². The Balaban J connectivity index is 3.30. The summed E-state index contributed by atoms with van der Waals surface area (Å²) in [5, 5.41) is 0. The highest BCUT2D eigenvalue weighted by atomic mass is 79.9. The predicted octanol–water partition coefficient (Wildman–Crippen LogP) is 4.29. The second-order valence-corrected chi connectivity index (χ2v) is 7.52. The lowest BCUT2D eigenvalue weighted by Gasteiger charge is -2.13. The number of rotatable bonds is 0. The molecule has 10 heteroatoms. The van der Waals surface area contributed by atoms with Gasteiger partial charge in [0.05, 0.1) is 0 Å². The van der Waals surface area contributed by atoms with Crippen LogP contribution in [0.25, 0.3) is 0 Å². The first kappa shape index (κ1) is 14.3. The van der Waals surface area contributed by atoms with Crippen molar-refractivity contribution in [2.75, 3.05) is 0 Å². The number of halogens is 7. The molecule has 1 heterocycles. The van der Waals surface area contributed by atoms with Crippen LogP contribution >= 0.6 is 85.5 Å². The molecule has 1 aromatic heterocycles. The summed E-state index contributed by atoms with van der Waals surface area (Å²) in [4.78, 5) is 11.2. The third-order valence-electron chi connectivity index (χ3n) is 1.12. The molecule has 0 amide bonds. The van der Waals surface area contributed by atoms with E-state index in [0.29, 0.717) is 0 Å². The Morgan fingerprint density at radius 1 is 0.733 bits per heavy atom. The van der Waals surface area contributed by atoms with E-state index in [9.17, 15) is 0 Å². The molecule has 0 aliphatic carbocycles. The van der Waals surface area contributed by atoms with Crippen LogP contribution < -0.4 is 0 Å². The number of nitrogens with zero attached hydrogens (tertiary/aromatic N) is 3. The minimum absolute atomic E-state index is 0.111. The average molecular weight is 395 g/mol. The predicted molar refractivity (Wildman–Crippen MR) is 66.0 cm³/mol. The lowest BCUT2D eigenvalue weighted by atomic mass is 10.6. The van der Waals surface area contributed by atoms with E-state index < -0.39 is 7.59 Å². The van der Waals surface area contributed by atoms with Crippen molar-refractivity contribution < 1.29 is 0 Å². The van der Waals surface area contributed by atoms with E-state index in [2.05, 4.69) is 30.9 Å². The SMILES string of the molecule is ClC(Cl)(Cl)c1nc(Br)nc(C(Cl)(Cl)Cl)n1. The Labute approximate surface area is 124 Å². The molecule has 84 valence electrons. The van der Waals surface area contributed by atoms with Crippen molar-refractivity contribution in [1.29, 1.82) is 0 Å². The van der Waals surface area contributed by atoms with Crippen LogP contribution in [-0.2, 0) is 7.59 Å². The van der Waals surface area contributed by atoms with Crippen LogP contribution in [-0.4, -0.2) is 15.0 Å². The maximum Gasteiger partial charge on any atom is 0.250 e. The summed E-state index contributed by atoms with van der Waals surface area (Å²) in [5.41, 5.74) is 0. The molecule has 1 rings (SSSR count). The molecule has 0 aliphatic rings. The molecule has 1 aromatic rings. The first-order valence-electron chi connectivity index (χ1n) is 3.16. The molecule has 0 unspecified atom stereocenters. The molecular formula is C5BrCl6N3. The topological polar surface area (TPSA) is 38.7 Å². The van der Waals surface area contributed by atoms with Gasteiger partial charge in [-0.15, -0.1) is 0 Å². The number of aromatic nitrogens is 3. The maximum atomic E-state index is 5.58. The van der Waals surface area contributed by atoms with Crippen LogP contribution in [0.1, 0.15) is 11.6 Å². The molecule has 0 aliphatic heterocycles. The van der Waals surface area contributed by atoms with Crippen molar-refractivity contribution in [3.05, 3.63) is 16.4 Å². The van der Waals surface area contributed by atoms with Gasteiger partial charge in [-0.2, -0.15) is 0 Å². The van der Waals surface area contributed by atoms with Gasteiger partial charge in [-0.05, 0) is 15.9 Å². The standard InChI is InChI=1S/C5BrCl6N3/c6-3-14-1(4(7,8)9)13-2(15-3)5(10,11)12. The average Bonchev–Trinajstić information content (AvgIpc) is 1.99. The fourth-order valence-corrected chi connectivity index (χ4v) is 1.45. The van der Waals surface area contributed by atoms with Crippen LogP contribution in [0, 0.1) is 0 Å². The molecule has 0 bridgehead atoms. The van der Waals surface area contributed by atoms with E-state index in [1.807, 2.05) is 0 Å². The molecular weight excluding hydrogens is 395 g/mol. The van der Waals surface area contributed by atoms with Gasteiger partial charge in [0.1, 0.15) is 0 Å². The van der Waals surface area contributed by atoms with E-state index in [4.69, 9.17) is 69.6 Å². The van der Waals surface area contributed by atoms with E-state index in [-0.39, 0.29) is 16.4 Å². The fourth-order valence-electron chi connectivity index (χ4n) is 0.604. The second-order valence-electron chi connectivity index (χ2n) is 2.25. The number of hydrogen-bond acceptors (Lipinski definition) is 3. The zero-order chi connectivity index (χ0) is 11.9. The molecule has 0 radical (unpaired) electrons. The van der Waals surface area contributed by atoms with Crippen LogP contribution in [0.4, 0.5) is 0 Å². The minimum atomic E-state index is -1.81. The molecule has 0 saturated carbocycles. The van der Waals surface area contributed by atoms with Gasteiger partial charge < -0.3 is 0 Å². The second kappa shape index (κ2) is 4.84. The van der Waals surface area contributed by atoms with Crippen molar-refractivity contribution >= 4 is 85.5 Å². The van der Waals surface area contributed by atoms with Gasteiger partial charge in [0, 0.05) is 0 Å². The smallest absolute Gasteiger partial charge is 0.209 e. The van der Waals surface area contributed by atoms with Gasteiger partial charge in [-0.3, -0.25) is 0 Å². The molecule has 15 heavy (non-hydrogen) atoms. The van der Waals surface area contributed by atoms with Crippen molar-refractivity contribution in [3.63, 3.8) is 0 Å². The van der Waals surface area contributed by atoms with E-state index in [1.54, 1.807) is 0 Å². The minimum Gasteiger partial charge on any atom is -0.209 e. The molecule has 0 fully saturated rings. The van der Waals surface area contributed by atoms with Crippen molar-refractivity contribution in [1.82, 2.24) is 15.0 Å². The zero-order valence-electron chi connectivity index (χ0n) is 6.49. The molecule has 3 nitrogen and oxygen atoms in total. The Morgan fingerprint density at radius 2 is 1.07 bits per heavy atom. The van der Waals surface area contributed by atoms with Crippen LogP contribution in [0.2, 0.25) is 0 Å². The molecule has 0 saturated heterocycles.